The summed E-state index contributed by atoms with van der Waals surface area (Å²) in [5.74, 6) is -4.12. The van der Waals surface area contributed by atoms with E-state index in [1.54, 1.807) is 0 Å². The highest BCUT2D eigenvalue weighted by Crippen LogP contribution is 2.46. The molecule has 6 N–H and O–H groups in total. The number of rotatable bonds is 4. The van der Waals surface area contributed by atoms with Gasteiger partial charge in [0.1, 0.15) is 35.2 Å². The first-order valence-electron chi connectivity index (χ1n) is 8.09. The molecule has 28 heavy (non-hydrogen) atoms. The highest BCUT2D eigenvalue weighted by atomic mass is 16.4. The molecular weight excluding hydrogens is 368 g/mol. The molecule has 0 saturated heterocycles. The number of carboxylic acids is 1. The van der Waals surface area contributed by atoms with Gasteiger partial charge in [-0.25, -0.2) is 0 Å². The van der Waals surface area contributed by atoms with Crippen LogP contribution in [0.3, 0.4) is 0 Å². The Bertz CT molecular complexity index is 1190. The maximum atomic E-state index is 12.1. The van der Waals surface area contributed by atoms with Gasteiger partial charge in [0.25, 0.3) is 0 Å². The van der Waals surface area contributed by atoms with Gasteiger partial charge < -0.3 is 30.6 Å². The molecule has 3 aromatic carbocycles. The number of benzene rings is 3. The Balaban J connectivity index is 2.44. The minimum absolute atomic E-state index is 0.0212. The van der Waals surface area contributed by atoms with Crippen LogP contribution in [-0.4, -0.2) is 42.4 Å². The molecule has 0 unspecified atom stereocenters. The predicted octanol–water partition coefficient (Wildman–Crippen LogP) is 3.39. The number of carbonyl (C=O) groups excluding carboxylic acids is 1. The van der Waals surface area contributed by atoms with Crippen molar-refractivity contribution in [1.29, 1.82) is 0 Å². The van der Waals surface area contributed by atoms with Crippen LogP contribution < -0.4 is 0 Å². The summed E-state index contributed by atoms with van der Waals surface area (Å²) in [6, 6.07) is 5.16. The Hall–Kier alpha value is -3.94. The number of fused-ring (bicyclic) bond motifs is 2. The van der Waals surface area contributed by atoms with Gasteiger partial charge in [-0.05, 0) is 47.5 Å². The maximum Gasteiger partial charge on any atom is 0.311 e. The van der Waals surface area contributed by atoms with Crippen LogP contribution in [0.15, 0.2) is 30.0 Å². The van der Waals surface area contributed by atoms with Crippen molar-refractivity contribution in [2.75, 3.05) is 0 Å². The van der Waals surface area contributed by atoms with Crippen LogP contribution >= 0.6 is 0 Å². The van der Waals surface area contributed by atoms with Crippen molar-refractivity contribution < 1.29 is 40.2 Å². The summed E-state index contributed by atoms with van der Waals surface area (Å²) in [7, 11) is 0. The van der Waals surface area contributed by atoms with E-state index >= 15 is 0 Å². The molecular formula is C20H16O8. The minimum atomic E-state index is -1.28. The van der Waals surface area contributed by atoms with Crippen LogP contribution in [0.4, 0.5) is 0 Å². The number of phenols is 4. The fraction of sp³-hybridized carbons (Fsp3) is 0.100. The van der Waals surface area contributed by atoms with Gasteiger partial charge in [-0.2, -0.15) is 0 Å². The number of phenolic OH excluding ortho intramolecular Hbond substituents is 4. The molecule has 0 bridgehead atoms. The monoisotopic (exact) mass is 384 g/mol. The van der Waals surface area contributed by atoms with Crippen molar-refractivity contribution in [2.24, 2.45) is 0 Å². The Morgan fingerprint density at radius 1 is 0.893 bits per heavy atom. The number of hydrogen-bond donors (Lipinski definition) is 6. The number of aliphatic carboxylic acids is 1. The zero-order chi connectivity index (χ0) is 20.7. The number of carbonyl (C=O) groups is 2. The Morgan fingerprint density at radius 2 is 1.54 bits per heavy atom. The van der Waals surface area contributed by atoms with Crippen LogP contribution in [0.25, 0.3) is 27.6 Å². The number of aromatic hydroxyl groups is 4. The summed E-state index contributed by atoms with van der Waals surface area (Å²) in [5.41, 5.74) is -0.170. The maximum absolute atomic E-state index is 12.1. The molecule has 0 saturated carbocycles. The van der Waals surface area contributed by atoms with Crippen LogP contribution in [0.5, 0.6) is 23.0 Å². The molecule has 0 fully saturated rings. The van der Waals surface area contributed by atoms with Gasteiger partial charge in [0.05, 0.1) is 16.3 Å². The summed E-state index contributed by atoms with van der Waals surface area (Å²) in [6.07, 6.45) is 0.367. The fourth-order valence-corrected chi connectivity index (χ4v) is 3.24. The second-order valence-electron chi connectivity index (χ2n) is 6.34. The van der Waals surface area contributed by atoms with Crippen molar-refractivity contribution in [2.45, 2.75) is 13.3 Å². The SMILES string of the molecule is CC(=O)c1c(/C=C(/O)CC(=O)O)cc2cc3cc(O)cc(O)c3c(O)c2c1O. The summed E-state index contributed by atoms with van der Waals surface area (Å²) < 4.78 is 0. The highest BCUT2D eigenvalue weighted by molar-refractivity contribution is 6.14. The van der Waals surface area contributed by atoms with E-state index in [1.165, 1.54) is 25.1 Å². The molecule has 0 spiro atoms. The highest BCUT2D eigenvalue weighted by Gasteiger charge is 2.21. The third-order valence-corrected chi connectivity index (χ3v) is 4.29. The van der Waals surface area contributed by atoms with Crippen LogP contribution in [0.2, 0.25) is 0 Å². The summed E-state index contributed by atoms with van der Waals surface area (Å²) in [6.45, 7) is 1.17. The first kappa shape index (κ1) is 18.8. The lowest BCUT2D eigenvalue weighted by Crippen LogP contribution is -2.01. The molecule has 0 radical (unpaired) electrons. The van der Waals surface area contributed by atoms with Gasteiger partial charge in [-0.1, -0.05) is 0 Å². The van der Waals surface area contributed by atoms with E-state index in [0.29, 0.717) is 0 Å². The van der Waals surface area contributed by atoms with Crippen molar-refractivity contribution in [3.05, 3.63) is 41.2 Å². The zero-order valence-electron chi connectivity index (χ0n) is 14.6. The van der Waals surface area contributed by atoms with Crippen molar-refractivity contribution in [1.82, 2.24) is 0 Å². The normalized spacial score (nSPS) is 11.8. The van der Waals surface area contributed by atoms with Crippen LogP contribution in [0, 0.1) is 0 Å². The number of ketones is 1. The number of carboxylic acid groups (broad SMARTS) is 1. The number of aliphatic hydroxyl groups excluding tert-OH is 1. The van der Waals surface area contributed by atoms with E-state index in [-0.39, 0.29) is 38.4 Å². The first-order valence-corrected chi connectivity index (χ1v) is 8.09. The summed E-state index contributed by atoms with van der Waals surface area (Å²) >= 11 is 0. The van der Waals surface area contributed by atoms with E-state index in [4.69, 9.17) is 5.11 Å². The third-order valence-electron chi connectivity index (χ3n) is 4.29. The van der Waals surface area contributed by atoms with Gasteiger partial charge in [0.15, 0.2) is 5.78 Å². The summed E-state index contributed by atoms with van der Waals surface area (Å²) in [5, 5.41) is 59.9. The quantitative estimate of drug-likeness (QED) is 0.227. The molecule has 0 atom stereocenters. The molecule has 3 aromatic rings. The van der Waals surface area contributed by atoms with Crippen molar-refractivity contribution in [3.8, 4) is 23.0 Å². The Kier molecular flexibility index (Phi) is 4.48. The van der Waals surface area contributed by atoms with E-state index in [9.17, 15) is 35.1 Å². The number of hydrogen-bond acceptors (Lipinski definition) is 7. The second-order valence-corrected chi connectivity index (χ2v) is 6.34. The van der Waals surface area contributed by atoms with Gasteiger partial charge in [-0.15, -0.1) is 0 Å². The van der Waals surface area contributed by atoms with E-state index in [0.717, 1.165) is 12.1 Å². The topological polar surface area (TPSA) is 156 Å². The smallest absolute Gasteiger partial charge is 0.311 e. The molecule has 144 valence electrons. The van der Waals surface area contributed by atoms with Gasteiger partial charge >= 0.3 is 5.97 Å². The molecule has 3 rings (SSSR count). The van der Waals surface area contributed by atoms with Crippen LogP contribution in [-0.2, 0) is 4.79 Å². The Labute approximate surface area is 157 Å². The summed E-state index contributed by atoms with van der Waals surface area (Å²) in [4.78, 5) is 22.8. The molecule has 0 aliphatic heterocycles. The number of aliphatic hydroxyl groups is 1. The number of Topliss-reactive ketones (excluding diaryl/α,β-unsaturated/α-hetero) is 1. The lowest BCUT2D eigenvalue weighted by molar-refractivity contribution is -0.136. The molecule has 8 nitrogen and oxygen atoms in total. The van der Waals surface area contributed by atoms with E-state index < -0.39 is 41.2 Å². The second kappa shape index (κ2) is 6.66. The molecule has 0 heterocycles. The molecule has 8 heteroatoms. The molecule has 0 aliphatic rings. The van der Waals surface area contributed by atoms with Gasteiger partial charge in [0, 0.05) is 6.07 Å². The lowest BCUT2D eigenvalue weighted by Gasteiger charge is -2.14. The third kappa shape index (κ3) is 3.11. The minimum Gasteiger partial charge on any atom is -0.512 e. The fourth-order valence-electron chi connectivity index (χ4n) is 3.24. The largest absolute Gasteiger partial charge is 0.512 e. The Morgan fingerprint density at radius 3 is 2.14 bits per heavy atom. The average molecular weight is 384 g/mol. The first-order chi connectivity index (χ1) is 13.1. The molecule has 0 aliphatic carbocycles. The average Bonchev–Trinajstić information content (AvgIpc) is 2.51. The van der Waals surface area contributed by atoms with Gasteiger partial charge in [0.2, 0.25) is 0 Å². The lowest BCUT2D eigenvalue weighted by atomic mass is 9.93. The van der Waals surface area contributed by atoms with E-state index in [2.05, 4.69) is 0 Å². The standard InChI is InChI=1S/C20H16O8/c1-8(21)16-10(4-13(23)7-15(25)26)2-9-3-11-5-12(22)6-14(24)17(11)20(28)18(9)19(16)27/h2-6,22-24,27-28H,7H2,1H3,(H,25,26)/b13-4+. The predicted molar refractivity (Wildman–Crippen MR) is 101 cm³/mol. The molecule has 0 amide bonds. The van der Waals surface area contributed by atoms with Crippen molar-refractivity contribution in [3.63, 3.8) is 0 Å². The van der Waals surface area contributed by atoms with Crippen molar-refractivity contribution >= 4 is 39.4 Å². The van der Waals surface area contributed by atoms with Gasteiger partial charge in [-0.3, -0.25) is 9.59 Å². The molecule has 0 aromatic heterocycles. The van der Waals surface area contributed by atoms with E-state index in [1.807, 2.05) is 0 Å². The zero-order valence-corrected chi connectivity index (χ0v) is 14.6. The van der Waals surface area contributed by atoms with Crippen LogP contribution in [0.1, 0.15) is 29.3 Å².